The largest absolute Gasteiger partial charge is 0.379 e. The topological polar surface area (TPSA) is 66.7 Å². The fourth-order valence-electron chi connectivity index (χ4n) is 4.28. The number of para-hydroxylation sites is 2. The van der Waals surface area contributed by atoms with Gasteiger partial charge in [0.2, 0.25) is 0 Å². The van der Waals surface area contributed by atoms with Gasteiger partial charge in [0.15, 0.2) is 5.96 Å². The number of guanidine groups is 1. The molecule has 4 rings (SSSR count). The summed E-state index contributed by atoms with van der Waals surface area (Å²) in [6.07, 6.45) is 1.00. The van der Waals surface area contributed by atoms with Gasteiger partial charge in [0, 0.05) is 39.3 Å². The Kier molecular flexibility index (Phi) is 10.6. The molecule has 1 saturated heterocycles. The van der Waals surface area contributed by atoms with E-state index in [4.69, 9.17) is 9.73 Å². The smallest absolute Gasteiger partial charge is 0.191 e. The summed E-state index contributed by atoms with van der Waals surface area (Å²) in [5, 5.41) is 6.85. The van der Waals surface area contributed by atoms with Gasteiger partial charge in [-0.15, -0.1) is 24.0 Å². The Morgan fingerprint density at radius 3 is 2.68 bits per heavy atom. The Morgan fingerprint density at radius 1 is 1.06 bits per heavy atom. The number of rotatable bonds is 9. The van der Waals surface area contributed by atoms with Crippen molar-refractivity contribution in [1.29, 1.82) is 0 Å². The summed E-state index contributed by atoms with van der Waals surface area (Å²) in [7, 11) is 0. The number of aryl methyl sites for hydroxylation is 2. The Hall–Kier alpha value is -2.17. The summed E-state index contributed by atoms with van der Waals surface area (Å²) in [4.78, 5) is 11.9. The third kappa shape index (κ3) is 7.41. The predicted octanol–water partition coefficient (Wildman–Crippen LogP) is 3.94. The number of aromatic nitrogens is 2. The molecule has 34 heavy (non-hydrogen) atoms. The van der Waals surface area contributed by atoms with Crippen molar-refractivity contribution in [3.63, 3.8) is 0 Å². The molecule has 8 heteroatoms. The Balaban J connectivity index is 0.00000324. The van der Waals surface area contributed by atoms with Gasteiger partial charge in [-0.25, -0.2) is 9.98 Å². The number of halogens is 1. The third-order valence-electron chi connectivity index (χ3n) is 5.96. The van der Waals surface area contributed by atoms with Crippen LogP contribution in [0.15, 0.2) is 53.5 Å². The molecule has 0 radical (unpaired) electrons. The number of nitrogens with one attached hydrogen (secondary N) is 2. The molecule has 1 fully saturated rings. The van der Waals surface area contributed by atoms with Gasteiger partial charge in [-0.3, -0.25) is 4.90 Å². The van der Waals surface area contributed by atoms with Crippen LogP contribution in [-0.2, 0) is 24.4 Å². The number of nitrogens with zero attached hydrogens (tertiary/aromatic N) is 4. The molecule has 1 aliphatic rings. The molecule has 0 atom stereocenters. The Labute approximate surface area is 220 Å². The van der Waals surface area contributed by atoms with E-state index in [-0.39, 0.29) is 24.0 Å². The second-order valence-corrected chi connectivity index (χ2v) is 8.48. The van der Waals surface area contributed by atoms with E-state index in [2.05, 4.69) is 81.4 Å². The monoisotopic (exact) mass is 576 g/mol. The van der Waals surface area contributed by atoms with Gasteiger partial charge in [-0.1, -0.05) is 36.4 Å². The molecule has 0 unspecified atom stereocenters. The normalized spacial score (nSPS) is 14.7. The van der Waals surface area contributed by atoms with E-state index in [1.54, 1.807) is 0 Å². The molecule has 3 aromatic rings. The first-order valence-corrected chi connectivity index (χ1v) is 12.0. The first kappa shape index (κ1) is 26.4. The summed E-state index contributed by atoms with van der Waals surface area (Å²) in [5.41, 5.74) is 4.84. The lowest BCUT2D eigenvalue weighted by molar-refractivity contribution is 0.0342. The molecule has 7 nitrogen and oxygen atoms in total. The maximum atomic E-state index is 5.46. The Morgan fingerprint density at radius 2 is 1.85 bits per heavy atom. The van der Waals surface area contributed by atoms with Crippen molar-refractivity contribution in [2.45, 2.75) is 39.9 Å². The van der Waals surface area contributed by atoms with Gasteiger partial charge < -0.3 is 19.9 Å². The zero-order valence-corrected chi connectivity index (χ0v) is 22.6. The number of hydrogen-bond donors (Lipinski definition) is 2. The molecule has 2 N–H and O–H groups in total. The van der Waals surface area contributed by atoms with E-state index < -0.39 is 0 Å². The average Bonchev–Trinajstić information content (AvgIpc) is 3.16. The zero-order chi connectivity index (χ0) is 22.9. The number of fused-ring (bicyclic) bond motifs is 1. The number of aliphatic imine (C=N–C) groups is 1. The number of hydrogen-bond acceptors (Lipinski definition) is 4. The van der Waals surface area contributed by atoms with Crippen LogP contribution < -0.4 is 10.6 Å². The molecule has 0 spiro atoms. The van der Waals surface area contributed by atoms with Crippen LogP contribution >= 0.6 is 24.0 Å². The predicted molar refractivity (Wildman–Crippen MR) is 150 cm³/mol. The lowest BCUT2D eigenvalue weighted by Crippen LogP contribution is -2.38. The molecular weight excluding hydrogens is 539 g/mol. The van der Waals surface area contributed by atoms with E-state index >= 15 is 0 Å². The molecule has 0 aliphatic carbocycles. The maximum Gasteiger partial charge on any atom is 0.191 e. The molecule has 1 aromatic heterocycles. The van der Waals surface area contributed by atoms with Crippen molar-refractivity contribution in [1.82, 2.24) is 25.1 Å². The fourth-order valence-corrected chi connectivity index (χ4v) is 4.28. The van der Waals surface area contributed by atoms with E-state index in [9.17, 15) is 0 Å². The van der Waals surface area contributed by atoms with Crippen molar-refractivity contribution in [2.75, 3.05) is 39.4 Å². The van der Waals surface area contributed by atoms with Gasteiger partial charge in [0.1, 0.15) is 5.82 Å². The minimum Gasteiger partial charge on any atom is -0.379 e. The van der Waals surface area contributed by atoms with Crippen LogP contribution in [0, 0.1) is 6.92 Å². The van der Waals surface area contributed by atoms with E-state index in [0.29, 0.717) is 6.54 Å². The molecule has 1 aliphatic heterocycles. The molecule has 0 saturated carbocycles. The second kappa shape index (κ2) is 13.7. The van der Waals surface area contributed by atoms with Crippen LogP contribution in [0.5, 0.6) is 0 Å². The van der Waals surface area contributed by atoms with Crippen molar-refractivity contribution in [3.8, 4) is 0 Å². The number of imidazole rings is 1. The first-order chi connectivity index (χ1) is 16.2. The minimum atomic E-state index is 0. The van der Waals surface area contributed by atoms with Gasteiger partial charge in [0.25, 0.3) is 0 Å². The minimum absolute atomic E-state index is 0. The van der Waals surface area contributed by atoms with Gasteiger partial charge >= 0.3 is 0 Å². The van der Waals surface area contributed by atoms with Gasteiger partial charge in [0.05, 0.1) is 30.8 Å². The van der Waals surface area contributed by atoms with Crippen LogP contribution in [0.3, 0.4) is 0 Å². The number of morpholine rings is 1. The summed E-state index contributed by atoms with van der Waals surface area (Å²) in [6, 6.07) is 17.1. The highest BCUT2D eigenvalue weighted by atomic mass is 127. The van der Waals surface area contributed by atoms with Crippen molar-refractivity contribution in [3.05, 3.63) is 65.5 Å². The standard InChI is InChI=1S/C26H36N6O.HI/c1-3-27-26(28-12-7-13-32-21(2)30-24-10-4-5-11-25(24)32)29-19-22-8-6-9-23(18-22)20-31-14-16-33-17-15-31;/h4-6,8-11,18H,3,7,12-17,19-20H2,1-2H3,(H2,27,28,29);1H. The van der Waals surface area contributed by atoms with Crippen molar-refractivity contribution < 1.29 is 4.74 Å². The first-order valence-electron chi connectivity index (χ1n) is 12.0. The van der Waals surface area contributed by atoms with Gasteiger partial charge in [-0.05, 0) is 43.5 Å². The van der Waals surface area contributed by atoms with Gasteiger partial charge in [-0.2, -0.15) is 0 Å². The average molecular weight is 577 g/mol. The van der Waals surface area contributed by atoms with Crippen LogP contribution in [-0.4, -0.2) is 59.8 Å². The van der Waals surface area contributed by atoms with E-state index in [1.165, 1.54) is 16.6 Å². The van der Waals surface area contributed by atoms with Crippen molar-refractivity contribution >= 4 is 41.0 Å². The van der Waals surface area contributed by atoms with Crippen LogP contribution in [0.1, 0.15) is 30.3 Å². The molecule has 0 amide bonds. The summed E-state index contributed by atoms with van der Waals surface area (Å²) >= 11 is 0. The molecule has 2 aromatic carbocycles. The van der Waals surface area contributed by atoms with E-state index in [0.717, 1.165) is 76.2 Å². The molecule has 184 valence electrons. The lowest BCUT2D eigenvalue weighted by Gasteiger charge is -2.26. The van der Waals surface area contributed by atoms with E-state index in [1.807, 2.05) is 6.07 Å². The number of benzene rings is 2. The molecule has 0 bridgehead atoms. The molecule has 2 heterocycles. The third-order valence-corrected chi connectivity index (χ3v) is 5.96. The second-order valence-electron chi connectivity index (χ2n) is 8.48. The molecular formula is C26H37IN6O. The lowest BCUT2D eigenvalue weighted by atomic mass is 10.1. The van der Waals surface area contributed by atoms with Crippen LogP contribution in [0.2, 0.25) is 0 Å². The van der Waals surface area contributed by atoms with Crippen LogP contribution in [0.25, 0.3) is 11.0 Å². The highest BCUT2D eigenvalue weighted by molar-refractivity contribution is 14.0. The SMILES string of the molecule is CCNC(=NCc1cccc(CN2CCOCC2)c1)NCCCn1c(C)nc2ccccc21.I. The maximum absolute atomic E-state index is 5.46. The van der Waals surface area contributed by atoms with Crippen molar-refractivity contribution in [2.24, 2.45) is 4.99 Å². The quantitative estimate of drug-likeness (QED) is 0.175. The summed E-state index contributed by atoms with van der Waals surface area (Å²) < 4.78 is 7.75. The summed E-state index contributed by atoms with van der Waals surface area (Å²) in [5.74, 6) is 1.93. The highest BCUT2D eigenvalue weighted by Gasteiger charge is 2.11. The Bertz CT molecular complexity index is 1060. The number of ether oxygens (including phenoxy) is 1. The summed E-state index contributed by atoms with van der Waals surface area (Å²) in [6.45, 7) is 12.1. The van der Waals surface area contributed by atoms with Crippen LogP contribution in [0.4, 0.5) is 0 Å². The highest BCUT2D eigenvalue weighted by Crippen LogP contribution is 2.15. The fraction of sp³-hybridized carbons (Fsp3) is 0.462. The zero-order valence-electron chi connectivity index (χ0n) is 20.3.